The average Bonchev–Trinajstić information content (AvgIpc) is 3.26. The van der Waals surface area contributed by atoms with Gasteiger partial charge in [-0.05, 0) is 42.8 Å². The summed E-state index contributed by atoms with van der Waals surface area (Å²) in [5.74, 6) is 1.71. The number of imidazole rings is 1. The van der Waals surface area contributed by atoms with E-state index in [0.29, 0.717) is 5.92 Å². The first kappa shape index (κ1) is 15.5. The molecule has 0 radical (unpaired) electrons. The first-order valence-corrected chi connectivity index (χ1v) is 9.25. The molecule has 130 valence electrons. The second-order valence-electron chi connectivity index (χ2n) is 7.27. The van der Waals surface area contributed by atoms with Gasteiger partial charge in [-0.15, -0.1) is 0 Å². The number of likely N-dealkylation sites (tertiary alicyclic amines) is 1. The van der Waals surface area contributed by atoms with Gasteiger partial charge in [-0.25, -0.2) is 4.98 Å². The van der Waals surface area contributed by atoms with Gasteiger partial charge in [-0.1, -0.05) is 30.3 Å². The number of hydrogen-bond acceptors (Lipinski definition) is 3. The Labute approximate surface area is 153 Å². The molecule has 0 spiro atoms. The highest BCUT2D eigenvalue weighted by Gasteiger charge is 2.27. The van der Waals surface area contributed by atoms with Crippen molar-refractivity contribution in [2.24, 2.45) is 7.05 Å². The lowest BCUT2D eigenvalue weighted by Crippen LogP contribution is -2.20. The van der Waals surface area contributed by atoms with Crippen LogP contribution in [0, 0.1) is 0 Å². The minimum atomic E-state index is 0.501. The van der Waals surface area contributed by atoms with Crippen molar-refractivity contribution in [3.05, 3.63) is 72.2 Å². The SMILES string of the molecule is Cn1c([C@H]2CCN(Cc3cnc4ccccc4c3)C2)nc2ccccc21. The summed E-state index contributed by atoms with van der Waals surface area (Å²) in [5, 5.41) is 1.22. The molecule has 0 unspecified atom stereocenters. The number of rotatable bonds is 3. The van der Waals surface area contributed by atoms with Crippen molar-refractivity contribution >= 4 is 21.9 Å². The van der Waals surface area contributed by atoms with E-state index in [0.717, 1.165) is 37.1 Å². The molecule has 1 atom stereocenters. The normalized spacial score (nSPS) is 18.1. The lowest BCUT2D eigenvalue weighted by atomic mass is 10.1. The van der Waals surface area contributed by atoms with Crippen LogP contribution in [0.15, 0.2) is 60.8 Å². The van der Waals surface area contributed by atoms with Crippen LogP contribution >= 0.6 is 0 Å². The maximum absolute atomic E-state index is 4.90. The molecule has 4 aromatic rings. The fourth-order valence-electron chi connectivity index (χ4n) is 4.18. The molecule has 2 aromatic heterocycles. The summed E-state index contributed by atoms with van der Waals surface area (Å²) in [6.07, 6.45) is 3.18. The molecule has 26 heavy (non-hydrogen) atoms. The molecule has 0 bridgehead atoms. The Balaban J connectivity index is 1.35. The zero-order valence-electron chi connectivity index (χ0n) is 15.0. The zero-order chi connectivity index (χ0) is 17.5. The van der Waals surface area contributed by atoms with Crippen molar-refractivity contribution < 1.29 is 0 Å². The molecule has 0 N–H and O–H groups in total. The monoisotopic (exact) mass is 342 g/mol. The van der Waals surface area contributed by atoms with Crippen molar-refractivity contribution in [1.29, 1.82) is 0 Å². The van der Waals surface area contributed by atoms with E-state index in [1.165, 1.54) is 22.3 Å². The standard InChI is InChI=1S/C22H22N4/c1-25-21-9-5-4-8-20(21)24-22(25)18-10-11-26(15-18)14-16-12-17-6-2-3-7-19(17)23-13-16/h2-9,12-13,18H,10-11,14-15H2,1H3/t18-/m0/s1. The molecule has 0 amide bonds. The number of aromatic nitrogens is 3. The average molecular weight is 342 g/mol. The van der Waals surface area contributed by atoms with E-state index in [9.17, 15) is 0 Å². The van der Waals surface area contributed by atoms with Crippen molar-refractivity contribution in [2.45, 2.75) is 18.9 Å². The molecular weight excluding hydrogens is 320 g/mol. The van der Waals surface area contributed by atoms with Crippen molar-refractivity contribution in [2.75, 3.05) is 13.1 Å². The number of hydrogen-bond donors (Lipinski definition) is 0. The summed E-state index contributed by atoms with van der Waals surface area (Å²) >= 11 is 0. The van der Waals surface area contributed by atoms with Gasteiger partial charge in [0, 0.05) is 37.6 Å². The Bertz CT molecular complexity index is 1080. The Morgan fingerprint density at radius 3 is 2.73 bits per heavy atom. The van der Waals surface area contributed by atoms with E-state index in [4.69, 9.17) is 4.98 Å². The molecular formula is C22H22N4. The Morgan fingerprint density at radius 1 is 1.04 bits per heavy atom. The fraction of sp³-hybridized carbons (Fsp3) is 0.273. The van der Waals surface area contributed by atoms with Crippen molar-refractivity contribution in [3.8, 4) is 0 Å². The van der Waals surface area contributed by atoms with E-state index >= 15 is 0 Å². The lowest BCUT2D eigenvalue weighted by molar-refractivity contribution is 0.325. The van der Waals surface area contributed by atoms with Crippen LogP contribution in [0.2, 0.25) is 0 Å². The van der Waals surface area contributed by atoms with Crippen LogP contribution in [0.1, 0.15) is 23.7 Å². The Kier molecular flexibility index (Phi) is 3.71. The molecule has 1 aliphatic rings. The van der Waals surface area contributed by atoms with Crippen LogP contribution in [0.4, 0.5) is 0 Å². The van der Waals surface area contributed by atoms with Gasteiger partial charge >= 0.3 is 0 Å². The quantitative estimate of drug-likeness (QED) is 0.562. The van der Waals surface area contributed by atoms with E-state index < -0.39 is 0 Å². The molecule has 3 heterocycles. The minimum absolute atomic E-state index is 0.501. The first-order valence-electron chi connectivity index (χ1n) is 9.25. The van der Waals surface area contributed by atoms with Gasteiger partial charge in [0.25, 0.3) is 0 Å². The minimum Gasteiger partial charge on any atom is -0.331 e. The van der Waals surface area contributed by atoms with Crippen LogP contribution in [0.5, 0.6) is 0 Å². The predicted octanol–water partition coefficient (Wildman–Crippen LogP) is 4.11. The van der Waals surface area contributed by atoms with Crippen LogP contribution in [-0.2, 0) is 13.6 Å². The summed E-state index contributed by atoms with van der Waals surface area (Å²) in [6, 6.07) is 19.0. The van der Waals surface area contributed by atoms with Gasteiger partial charge in [0.2, 0.25) is 0 Å². The third kappa shape index (κ3) is 2.67. The van der Waals surface area contributed by atoms with Crippen LogP contribution in [0.3, 0.4) is 0 Å². The number of para-hydroxylation sites is 3. The number of aryl methyl sites for hydroxylation is 1. The van der Waals surface area contributed by atoms with Gasteiger partial charge in [0.1, 0.15) is 5.82 Å². The summed E-state index contributed by atoms with van der Waals surface area (Å²) in [6.45, 7) is 3.13. The largest absolute Gasteiger partial charge is 0.331 e. The molecule has 1 aliphatic heterocycles. The molecule has 1 saturated heterocycles. The van der Waals surface area contributed by atoms with E-state index in [1.54, 1.807) is 0 Å². The van der Waals surface area contributed by atoms with Crippen molar-refractivity contribution in [3.63, 3.8) is 0 Å². The lowest BCUT2D eigenvalue weighted by Gasteiger charge is -2.16. The van der Waals surface area contributed by atoms with E-state index in [1.807, 2.05) is 12.3 Å². The van der Waals surface area contributed by atoms with Gasteiger partial charge in [-0.2, -0.15) is 0 Å². The molecule has 1 fully saturated rings. The molecule has 2 aromatic carbocycles. The van der Waals surface area contributed by atoms with Gasteiger partial charge < -0.3 is 4.57 Å². The highest BCUT2D eigenvalue weighted by atomic mass is 15.2. The van der Waals surface area contributed by atoms with Crippen LogP contribution in [0.25, 0.3) is 21.9 Å². The predicted molar refractivity (Wildman–Crippen MR) is 105 cm³/mol. The number of fused-ring (bicyclic) bond motifs is 2. The van der Waals surface area contributed by atoms with Gasteiger partial charge in [0.15, 0.2) is 0 Å². The summed E-state index contributed by atoms with van der Waals surface area (Å²) in [4.78, 5) is 12.0. The number of nitrogens with zero attached hydrogens (tertiary/aromatic N) is 4. The fourth-order valence-corrected chi connectivity index (χ4v) is 4.18. The second kappa shape index (κ2) is 6.22. The van der Waals surface area contributed by atoms with Gasteiger partial charge in [0.05, 0.1) is 16.6 Å². The summed E-state index contributed by atoms with van der Waals surface area (Å²) in [5.41, 5.74) is 4.67. The third-order valence-corrected chi connectivity index (χ3v) is 5.51. The van der Waals surface area contributed by atoms with E-state index in [-0.39, 0.29) is 0 Å². The molecule has 5 rings (SSSR count). The van der Waals surface area contributed by atoms with Gasteiger partial charge in [-0.3, -0.25) is 9.88 Å². The highest BCUT2D eigenvalue weighted by Crippen LogP contribution is 2.29. The first-order chi connectivity index (χ1) is 12.8. The maximum atomic E-state index is 4.90. The molecule has 4 nitrogen and oxygen atoms in total. The van der Waals surface area contributed by atoms with Crippen LogP contribution < -0.4 is 0 Å². The third-order valence-electron chi connectivity index (χ3n) is 5.51. The summed E-state index contributed by atoms with van der Waals surface area (Å²) in [7, 11) is 2.14. The van der Waals surface area contributed by atoms with E-state index in [2.05, 4.69) is 70.0 Å². The van der Waals surface area contributed by atoms with Crippen LogP contribution in [-0.4, -0.2) is 32.5 Å². The second-order valence-corrected chi connectivity index (χ2v) is 7.27. The topological polar surface area (TPSA) is 34.0 Å². The van der Waals surface area contributed by atoms with Crippen molar-refractivity contribution in [1.82, 2.24) is 19.4 Å². The Morgan fingerprint density at radius 2 is 1.85 bits per heavy atom. The zero-order valence-corrected chi connectivity index (χ0v) is 15.0. The maximum Gasteiger partial charge on any atom is 0.114 e. The summed E-state index contributed by atoms with van der Waals surface area (Å²) < 4.78 is 2.26. The number of pyridine rings is 1. The molecule has 4 heteroatoms. The molecule has 0 saturated carbocycles. The highest BCUT2D eigenvalue weighted by molar-refractivity contribution is 5.78. The molecule has 0 aliphatic carbocycles. The smallest absolute Gasteiger partial charge is 0.114 e. The Hall–Kier alpha value is -2.72. The number of benzene rings is 2.